The third kappa shape index (κ3) is 2.63. The van der Waals surface area contributed by atoms with Gasteiger partial charge in [0.05, 0.1) is 11.3 Å². The highest BCUT2D eigenvalue weighted by Crippen LogP contribution is 2.26. The van der Waals surface area contributed by atoms with Crippen LogP contribution >= 0.6 is 22.7 Å². The predicted molar refractivity (Wildman–Crippen MR) is 74.0 cm³/mol. The number of aromatic nitrogens is 1. The number of nitrogens with zero attached hydrogens (tertiary/aromatic N) is 2. The van der Waals surface area contributed by atoms with Gasteiger partial charge in [0.2, 0.25) is 0 Å². The highest BCUT2D eigenvalue weighted by molar-refractivity contribution is 7.13. The first-order valence-electron chi connectivity index (χ1n) is 5.36. The van der Waals surface area contributed by atoms with E-state index in [0.29, 0.717) is 5.57 Å². The Kier molecular flexibility index (Phi) is 3.72. The van der Waals surface area contributed by atoms with Gasteiger partial charge in [0.15, 0.2) is 0 Å². The lowest BCUT2D eigenvalue weighted by molar-refractivity contribution is 1.04. The summed E-state index contributed by atoms with van der Waals surface area (Å²) in [6.07, 6.45) is 2.82. The summed E-state index contributed by atoms with van der Waals surface area (Å²) in [6, 6.07) is 6.22. The summed E-state index contributed by atoms with van der Waals surface area (Å²) in [5, 5.41) is 12.0. The molecule has 2 heterocycles. The number of allylic oxidation sites excluding steroid dienone is 1. The molecule has 0 aromatic carbocycles. The Bertz CT molecular complexity index is 571. The normalized spacial score (nSPS) is 11.5. The Morgan fingerprint density at radius 1 is 1.59 bits per heavy atom. The van der Waals surface area contributed by atoms with E-state index in [9.17, 15) is 5.26 Å². The standard InChI is InChI=1S/C13H12N2S2/c1-3-12-9(2)17-13(15-12)10(8-14)7-11-5-4-6-16-11/h4-7H,3H2,1-2H3. The molecule has 86 valence electrons. The molecule has 0 aliphatic carbocycles. The fraction of sp³-hybridized carbons (Fsp3) is 0.231. The maximum absolute atomic E-state index is 9.20. The largest absolute Gasteiger partial charge is 0.240 e. The zero-order valence-electron chi connectivity index (χ0n) is 9.73. The van der Waals surface area contributed by atoms with Gasteiger partial charge in [-0.1, -0.05) is 13.0 Å². The van der Waals surface area contributed by atoms with Gasteiger partial charge in [-0.3, -0.25) is 0 Å². The molecule has 0 spiro atoms. The molecule has 0 saturated heterocycles. The lowest BCUT2D eigenvalue weighted by Gasteiger charge is -1.91. The Labute approximate surface area is 109 Å². The highest BCUT2D eigenvalue weighted by Gasteiger charge is 2.10. The van der Waals surface area contributed by atoms with Gasteiger partial charge in [0, 0.05) is 9.75 Å². The molecule has 2 aromatic heterocycles. The molecule has 2 nitrogen and oxygen atoms in total. The molecular formula is C13H12N2S2. The lowest BCUT2D eigenvalue weighted by atomic mass is 10.2. The molecule has 0 unspecified atom stereocenters. The minimum Gasteiger partial charge on any atom is -0.240 e. The van der Waals surface area contributed by atoms with E-state index >= 15 is 0 Å². The average molecular weight is 260 g/mol. The van der Waals surface area contributed by atoms with Crippen molar-refractivity contribution in [3.8, 4) is 6.07 Å². The first-order chi connectivity index (χ1) is 8.24. The lowest BCUT2D eigenvalue weighted by Crippen LogP contribution is -1.84. The second kappa shape index (κ2) is 5.26. The van der Waals surface area contributed by atoms with Crippen molar-refractivity contribution in [2.75, 3.05) is 0 Å². The molecule has 17 heavy (non-hydrogen) atoms. The van der Waals surface area contributed by atoms with Crippen LogP contribution in [0.5, 0.6) is 0 Å². The maximum Gasteiger partial charge on any atom is 0.134 e. The second-order valence-electron chi connectivity index (χ2n) is 3.56. The monoisotopic (exact) mass is 260 g/mol. The second-order valence-corrected chi connectivity index (χ2v) is 5.74. The van der Waals surface area contributed by atoms with Crippen molar-refractivity contribution in [1.82, 2.24) is 4.98 Å². The quantitative estimate of drug-likeness (QED) is 0.778. The molecule has 0 bridgehead atoms. The molecule has 0 saturated carbocycles. The van der Waals surface area contributed by atoms with Crippen LogP contribution in [0.25, 0.3) is 11.6 Å². The predicted octanol–water partition coefficient (Wildman–Crippen LogP) is 4.14. The van der Waals surface area contributed by atoms with E-state index in [1.807, 2.05) is 23.6 Å². The van der Waals surface area contributed by atoms with E-state index in [0.717, 1.165) is 22.0 Å². The Morgan fingerprint density at radius 2 is 2.41 bits per heavy atom. The van der Waals surface area contributed by atoms with Gasteiger partial charge in [-0.2, -0.15) is 5.26 Å². The SMILES string of the molecule is CCc1nc(C(C#N)=Cc2cccs2)sc1C. The van der Waals surface area contributed by atoms with Crippen LogP contribution in [-0.4, -0.2) is 4.98 Å². The van der Waals surface area contributed by atoms with E-state index in [4.69, 9.17) is 0 Å². The number of aryl methyl sites for hydroxylation is 2. The minimum atomic E-state index is 0.653. The van der Waals surface area contributed by atoms with Crippen LogP contribution in [0.2, 0.25) is 0 Å². The van der Waals surface area contributed by atoms with E-state index in [-0.39, 0.29) is 0 Å². The van der Waals surface area contributed by atoms with Crippen molar-refractivity contribution in [1.29, 1.82) is 5.26 Å². The molecule has 0 fully saturated rings. The van der Waals surface area contributed by atoms with Gasteiger partial charge in [-0.15, -0.1) is 22.7 Å². The molecule has 2 rings (SSSR count). The first kappa shape index (κ1) is 12.0. The third-order valence-corrected chi connectivity index (χ3v) is 4.27. The van der Waals surface area contributed by atoms with E-state index in [1.54, 1.807) is 22.7 Å². The molecule has 0 aliphatic heterocycles. The maximum atomic E-state index is 9.20. The van der Waals surface area contributed by atoms with Gasteiger partial charge in [-0.05, 0) is 30.9 Å². The zero-order valence-corrected chi connectivity index (χ0v) is 11.4. The molecule has 0 radical (unpaired) electrons. The van der Waals surface area contributed by atoms with Crippen LogP contribution in [0.3, 0.4) is 0 Å². The van der Waals surface area contributed by atoms with Gasteiger partial charge in [0.1, 0.15) is 11.1 Å². The minimum absolute atomic E-state index is 0.653. The van der Waals surface area contributed by atoms with E-state index in [2.05, 4.69) is 24.9 Å². The van der Waals surface area contributed by atoms with Crippen LogP contribution in [0.1, 0.15) is 27.4 Å². The summed E-state index contributed by atoms with van der Waals surface area (Å²) in [5.41, 5.74) is 1.75. The zero-order chi connectivity index (χ0) is 12.3. The summed E-state index contributed by atoms with van der Waals surface area (Å²) >= 11 is 3.22. The molecule has 0 aliphatic rings. The van der Waals surface area contributed by atoms with Crippen molar-refractivity contribution in [3.63, 3.8) is 0 Å². The Morgan fingerprint density at radius 3 is 2.94 bits per heavy atom. The van der Waals surface area contributed by atoms with Gasteiger partial charge >= 0.3 is 0 Å². The highest BCUT2D eigenvalue weighted by atomic mass is 32.1. The first-order valence-corrected chi connectivity index (χ1v) is 7.06. The van der Waals surface area contributed by atoms with Crippen molar-refractivity contribution in [2.45, 2.75) is 20.3 Å². The fourth-order valence-corrected chi connectivity index (χ4v) is 3.15. The van der Waals surface area contributed by atoms with Crippen molar-refractivity contribution in [2.24, 2.45) is 0 Å². The smallest absolute Gasteiger partial charge is 0.134 e. The average Bonchev–Trinajstić information content (AvgIpc) is 2.95. The van der Waals surface area contributed by atoms with Crippen molar-refractivity contribution < 1.29 is 0 Å². The van der Waals surface area contributed by atoms with Crippen LogP contribution in [0.15, 0.2) is 17.5 Å². The van der Waals surface area contributed by atoms with E-state index < -0.39 is 0 Å². The number of thiophene rings is 1. The Hall–Kier alpha value is -1.44. The number of nitriles is 1. The summed E-state index contributed by atoms with van der Waals surface area (Å²) in [6.45, 7) is 4.14. The molecule has 2 aromatic rings. The van der Waals surface area contributed by atoms with Crippen LogP contribution < -0.4 is 0 Å². The third-order valence-electron chi connectivity index (χ3n) is 2.41. The van der Waals surface area contributed by atoms with Gasteiger partial charge < -0.3 is 0 Å². The summed E-state index contributed by atoms with van der Waals surface area (Å²) < 4.78 is 0. The fourth-order valence-electron chi connectivity index (χ4n) is 1.53. The van der Waals surface area contributed by atoms with Gasteiger partial charge in [0.25, 0.3) is 0 Å². The van der Waals surface area contributed by atoms with Crippen LogP contribution in [0, 0.1) is 18.3 Å². The summed E-state index contributed by atoms with van der Waals surface area (Å²) in [5.74, 6) is 0. The molecule has 0 amide bonds. The molecule has 4 heteroatoms. The van der Waals surface area contributed by atoms with Crippen LogP contribution in [0.4, 0.5) is 0 Å². The summed E-state index contributed by atoms with van der Waals surface area (Å²) in [4.78, 5) is 6.81. The summed E-state index contributed by atoms with van der Waals surface area (Å²) in [7, 11) is 0. The topological polar surface area (TPSA) is 36.7 Å². The number of thiazole rings is 1. The van der Waals surface area contributed by atoms with Gasteiger partial charge in [-0.25, -0.2) is 4.98 Å². The molecule has 0 N–H and O–H groups in total. The number of hydrogen-bond acceptors (Lipinski definition) is 4. The van der Waals surface area contributed by atoms with Crippen LogP contribution in [-0.2, 0) is 6.42 Å². The number of rotatable bonds is 3. The van der Waals surface area contributed by atoms with Crippen molar-refractivity contribution >= 4 is 34.3 Å². The van der Waals surface area contributed by atoms with Crippen molar-refractivity contribution in [3.05, 3.63) is 38.0 Å². The number of hydrogen-bond donors (Lipinski definition) is 0. The molecular weight excluding hydrogens is 248 g/mol. The van der Waals surface area contributed by atoms with E-state index in [1.165, 1.54) is 4.88 Å². The molecule has 0 atom stereocenters. The Balaban J connectivity index is 2.39.